The molecule has 2 aromatic carbocycles. The van der Waals surface area contributed by atoms with E-state index in [2.05, 4.69) is 4.98 Å². The molecule has 0 atom stereocenters. The van der Waals surface area contributed by atoms with Gasteiger partial charge in [0.05, 0.1) is 31.7 Å². The molecule has 10 nitrogen and oxygen atoms in total. The molecule has 0 N–H and O–H groups in total. The minimum Gasteiger partial charge on any atom is -0.308 e. The minimum atomic E-state index is -0.770. The molecule has 12 heteroatoms. The summed E-state index contributed by atoms with van der Waals surface area (Å²) in [5.41, 5.74) is -0.577. The first-order valence-corrected chi connectivity index (χ1v) is 9.81. The van der Waals surface area contributed by atoms with Gasteiger partial charge in [-0.05, 0) is 32.3 Å². The van der Waals surface area contributed by atoms with E-state index in [4.69, 9.17) is 11.6 Å². The predicted molar refractivity (Wildman–Crippen MR) is 115 cm³/mol. The summed E-state index contributed by atoms with van der Waals surface area (Å²) in [6.45, 7) is 0.718. The first-order valence-electron chi connectivity index (χ1n) is 8.62. The number of thiazole rings is 1. The van der Waals surface area contributed by atoms with Crippen LogP contribution in [-0.4, -0.2) is 52.8 Å². The third kappa shape index (κ3) is 4.70. The molecule has 0 saturated carbocycles. The van der Waals surface area contributed by atoms with E-state index in [0.717, 1.165) is 22.9 Å². The average Bonchev–Trinajstić information content (AvgIpc) is 3.09. The Labute approximate surface area is 179 Å². The van der Waals surface area contributed by atoms with E-state index in [1.165, 1.54) is 16.2 Å². The van der Waals surface area contributed by atoms with Gasteiger partial charge in [-0.3, -0.25) is 29.9 Å². The molecule has 30 heavy (non-hydrogen) atoms. The number of hydrogen-bond donors (Lipinski definition) is 0. The van der Waals surface area contributed by atoms with Crippen LogP contribution in [0.1, 0.15) is 10.4 Å². The molecule has 0 radical (unpaired) electrons. The van der Waals surface area contributed by atoms with E-state index >= 15 is 0 Å². The van der Waals surface area contributed by atoms with Gasteiger partial charge in [-0.1, -0.05) is 22.9 Å². The van der Waals surface area contributed by atoms with Crippen molar-refractivity contribution >= 4 is 55.6 Å². The summed E-state index contributed by atoms with van der Waals surface area (Å²) >= 11 is 7.27. The third-order valence-electron chi connectivity index (χ3n) is 4.16. The second-order valence-electron chi connectivity index (χ2n) is 6.62. The number of hydrogen-bond acceptors (Lipinski definition) is 8. The molecule has 0 saturated heterocycles. The van der Waals surface area contributed by atoms with Gasteiger partial charge >= 0.3 is 0 Å². The molecule has 0 aliphatic heterocycles. The Bertz CT molecular complexity index is 1120. The molecule has 3 rings (SSSR count). The van der Waals surface area contributed by atoms with Crippen LogP contribution in [0, 0.1) is 20.2 Å². The molecule has 0 bridgehead atoms. The number of amides is 1. The number of nitrogens with zero attached hydrogens (tertiary/aromatic N) is 5. The highest BCUT2D eigenvalue weighted by molar-refractivity contribution is 7.22. The Hall–Kier alpha value is -3.15. The zero-order chi connectivity index (χ0) is 22.0. The molecule has 1 aromatic heterocycles. The Morgan fingerprint density at radius 3 is 2.27 bits per heavy atom. The lowest BCUT2D eigenvalue weighted by Crippen LogP contribution is -2.36. The summed E-state index contributed by atoms with van der Waals surface area (Å²) in [7, 11) is 3.66. The average molecular weight is 450 g/mol. The number of benzene rings is 2. The van der Waals surface area contributed by atoms with E-state index in [9.17, 15) is 25.0 Å². The van der Waals surface area contributed by atoms with Crippen LogP contribution in [0.25, 0.3) is 10.2 Å². The predicted octanol–water partition coefficient (Wildman–Crippen LogP) is 3.97. The first-order chi connectivity index (χ1) is 14.2. The fourth-order valence-corrected chi connectivity index (χ4v) is 3.94. The number of anilines is 1. The standard InChI is InChI=1S/C18H16ClN5O5S/c1-21(2)5-6-22(18-20-15-4-3-12(19)9-16(15)30-18)17(25)11-7-13(23(26)27)10-14(8-11)24(28)29/h3-4,7-10H,5-6H2,1-2H3. The third-order valence-corrected chi connectivity index (χ3v) is 5.43. The number of fused-ring (bicyclic) bond motifs is 1. The highest BCUT2D eigenvalue weighted by atomic mass is 35.5. The lowest BCUT2D eigenvalue weighted by molar-refractivity contribution is -0.394. The summed E-state index contributed by atoms with van der Waals surface area (Å²) in [6, 6.07) is 8.02. The maximum Gasteiger partial charge on any atom is 0.277 e. The number of carbonyl (C=O) groups is 1. The molecule has 156 valence electrons. The van der Waals surface area contributed by atoms with Gasteiger partial charge in [0.1, 0.15) is 0 Å². The maximum absolute atomic E-state index is 13.3. The Morgan fingerprint density at radius 1 is 1.07 bits per heavy atom. The van der Waals surface area contributed by atoms with Crippen LogP contribution in [0.5, 0.6) is 0 Å². The van der Waals surface area contributed by atoms with Gasteiger partial charge in [0.2, 0.25) is 0 Å². The number of aromatic nitrogens is 1. The number of halogens is 1. The van der Waals surface area contributed by atoms with Crippen LogP contribution >= 0.6 is 22.9 Å². The van der Waals surface area contributed by atoms with E-state index in [-0.39, 0.29) is 12.1 Å². The van der Waals surface area contributed by atoms with Crippen LogP contribution in [0.15, 0.2) is 36.4 Å². The first kappa shape index (κ1) is 21.6. The lowest BCUT2D eigenvalue weighted by atomic mass is 10.1. The molecule has 0 aliphatic rings. The zero-order valence-electron chi connectivity index (χ0n) is 15.9. The molecular formula is C18H16ClN5O5S. The van der Waals surface area contributed by atoms with Gasteiger partial charge in [0, 0.05) is 30.2 Å². The van der Waals surface area contributed by atoms with E-state index in [1.807, 2.05) is 19.0 Å². The van der Waals surface area contributed by atoms with E-state index in [0.29, 0.717) is 22.2 Å². The fourth-order valence-electron chi connectivity index (χ4n) is 2.67. The van der Waals surface area contributed by atoms with Crippen molar-refractivity contribution in [3.63, 3.8) is 0 Å². The van der Waals surface area contributed by atoms with Crippen LogP contribution in [0.2, 0.25) is 5.02 Å². The number of likely N-dealkylation sites (N-methyl/N-ethyl adjacent to an activating group) is 1. The van der Waals surface area contributed by atoms with Gasteiger partial charge in [0.15, 0.2) is 5.13 Å². The van der Waals surface area contributed by atoms with Gasteiger partial charge in [-0.2, -0.15) is 0 Å². The second kappa shape index (κ2) is 8.69. The number of nitro groups is 2. The number of rotatable bonds is 7. The van der Waals surface area contributed by atoms with E-state index in [1.54, 1.807) is 18.2 Å². The number of non-ortho nitro benzene ring substituents is 2. The van der Waals surface area contributed by atoms with Crippen molar-refractivity contribution in [3.8, 4) is 0 Å². The smallest absolute Gasteiger partial charge is 0.277 e. The molecule has 0 unspecified atom stereocenters. The van der Waals surface area contributed by atoms with Gasteiger partial charge in [0.25, 0.3) is 17.3 Å². The number of carbonyl (C=O) groups excluding carboxylic acids is 1. The molecule has 0 aliphatic carbocycles. The summed E-state index contributed by atoms with van der Waals surface area (Å²) < 4.78 is 0.769. The molecule has 1 amide bonds. The highest BCUT2D eigenvalue weighted by Crippen LogP contribution is 2.32. The van der Waals surface area contributed by atoms with Crippen LogP contribution in [0.3, 0.4) is 0 Å². The van der Waals surface area contributed by atoms with Gasteiger partial charge in [-0.25, -0.2) is 4.98 Å². The zero-order valence-corrected chi connectivity index (χ0v) is 17.5. The summed E-state index contributed by atoms with van der Waals surface area (Å²) in [6.07, 6.45) is 0. The molecule has 0 spiro atoms. The Kier molecular flexibility index (Phi) is 6.25. The normalized spacial score (nSPS) is 11.1. The Morgan fingerprint density at radius 2 is 1.70 bits per heavy atom. The van der Waals surface area contributed by atoms with Gasteiger partial charge < -0.3 is 4.90 Å². The van der Waals surface area contributed by atoms with Crippen LogP contribution in [0.4, 0.5) is 16.5 Å². The largest absolute Gasteiger partial charge is 0.308 e. The van der Waals surface area contributed by atoms with Crippen molar-refractivity contribution in [2.45, 2.75) is 0 Å². The van der Waals surface area contributed by atoms with Crippen molar-refractivity contribution in [3.05, 3.63) is 67.2 Å². The summed E-state index contributed by atoms with van der Waals surface area (Å²) in [5.74, 6) is -0.617. The molecular weight excluding hydrogens is 434 g/mol. The summed E-state index contributed by atoms with van der Waals surface area (Å²) in [5, 5.41) is 23.3. The quantitative estimate of drug-likeness (QED) is 0.394. The number of nitro benzene ring substituents is 2. The molecule has 1 heterocycles. The van der Waals surface area contributed by atoms with Crippen molar-refractivity contribution < 1.29 is 14.6 Å². The maximum atomic E-state index is 13.3. The fraction of sp³-hybridized carbons (Fsp3) is 0.222. The SMILES string of the molecule is CN(C)CCN(C(=O)c1cc([N+](=O)[O-])cc([N+](=O)[O-])c1)c1nc2ccc(Cl)cc2s1. The van der Waals surface area contributed by atoms with Crippen LogP contribution in [-0.2, 0) is 0 Å². The summed E-state index contributed by atoms with van der Waals surface area (Å²) in [4.78, 5) is 41.8. The van der Waals surface area contributed by atoms with Crippen LogP contribution < -0.4 is 4.90 Å². The van der Waals surface area contributed by atoms with Crippen molar-refractivity contribution in [2.24, 2.45) is 0 Å². The Balaban J connectivity index is 2.08. The topological polar surface area (TPSA) is 123 Å². The van der Waals surface area contributed by atoms with E-state index < -0.39 is 27.1 Å². The molecule has 0 fully saturated rings. The minimum absolute atomic E-state index is 0.160. The van der Waals surface area contributed by atoms with Crippen molar-refractivity contribution in [1.29, 1.82) is 0 Å². The van der Waals surface area contributed by atoms with Gasteiger partial charge in [-0.15, -0.1) is 0 Å². The highest BCUT2D eigenvalue weighted by Gasteiger charge is 2.26. The van der Waals surface area contributed by atoms with Crippen molar-refractivity contribution in [2.75, 3.05) is 32.1 Å². The van der Waals surface area contributed by atoms with Crippen molar-refractivity contribution in [1.82, 2.24) is 9.88 Å². The second-order valence-corrected chi connectivity index (χ2v) is 8.07. The monoisotopic (exact) mass is 449 g/mol. The lowest BCUT2D eigenvalue weighted by Gasteiger charge is -2.22. The molecule has 3 aromatic rings.